The van der Waals surface area contributed by atoms with Gasteiger partial charge in [-0.15, -0.1) is 0 Å². The van der Waals surface area contributed by atoms with Crippen molar-refractivity contribution < 1.29 is 21.9 Å². The molecule has 7 heteroatoms. The normalized spacial score (nSPS) is 15.6. The molecule has 1 fully saturated rings. The maximum absolute atomic E-state index is 13.4. The zero-order chi connectivity index (χ0) is 25.3. The summed E-state index contributed by atoms with van der Waals surface area (Å²) >= 11 is 0. The smallest absolute Gasteiger partial charge is 0.356 e. The molecule has 1 unspecified atom stereocenters. The van der Waals surface area contributed by atoms with Gasteiger partial charge in [0.05, 0.1) is 11.1 Å². The molecule has 0 spiro atoms. The van der Waals surface area contributed by atoms with Crippen LogP contribution in [-0.2, 0) is 28.4 Å². The lowest BCUT2D eigenvalue weighted by Gasteiger charge is -2.19. The number of aryl methyl sites for hydroxylation is 1. The van der Waals surface area contributed by atoms with E-state index in [4.69, 9.17) is 4.52 Å². The summed E-state index contributed by atoms with van der Waals surface area (Å²) in [5.41, 5.74) is 4.05. The van der Waals surface area contributed by atoms with Crippen LogP contribution in [0.4, 0.5) is 13.2 Å². The van der Waals surface area contributed by atoms with Gasteiger partial charge in [0, 0.05) is 33.4 Å². The molecule has 1 saturated carbocycles. The summed E-state index contributed by atoms with van der Waals surface area (Å²) in [4.78, 5) is 0. The molecular formula is C29H26F3NO2S. The minimum absolute atomic E-state index is 0.156. The van der Waals surface area contributed by atoms with Crippen molar-refractivity contribution >= 4 is 10.8 Å². The van der Waals surface area contributed by atoms with E-state index < -0.39 is 22.4 Å². The summed E-state index contributed by atoms with van der Waals surface area (Å²) < 4.78 is 58.5. The van der Waals surface area contributed by atoms with Crippen LogP contribution in [0.3, 0.4) is 0 Å². The van der Waals surface area contributed by atoms with E-state index in [0.717, 1.165) is 33.5 Å². The lowest BCUT2D eigenvalue weighted by Crippen LogP contribution is -2.28. The van der Waals surface area contributed by atoms with Gasteiger partial charge in [0.25, 0.3) is 0 Å². The Kier molecular flexibility index (Phi) is 6.60. The fourth-order valence-electron chi connectivity index (χ4n) is 4.61. The van der Waals surface area contributed by atoms with Crippen molar-refractivity contribution in [2.75, 3.05) is 5.75 Å². The van der Waals surface area contributed by atoms with Gasteiger partial charge in [-0.2, -0.15) is 13.2 Å². The summed E-state index contributed by atoms with van der Waals surface area (Å²) in [5, 5.41) is 4.13. The van der Waals surface area contributed by atoms with Crippen LogP contribution in [0.5, 0.6) is 0 Å². The second-order valence-electron chi connectivity index (χ2n) is 9.33. The van der Waals surface area contributed by atoms with Gasteiger partial charge in [0.2, 0.25) is 0 Å². The van der Waals surface area contributed by atoms with E-state index >= 15 is 0 Å². The van der Waals surface area contributed by atoms with Crippen LogP contribution < -0.4 is 0 Å². The Morgan fingerprint density at radius 2 is 1.47 bits per heavy atom. The molecule has 1 aliphatic rings. The van der Waals surface area contributed by atoms with Crippen molar-refractivity contribution in [3.8, 4) is 22.5 Å². The number of rotatable bonds is 8. The highest BCUT2D eigenvalue weighted by atomic mass is 32.2. The molecule has 3 nitrogen and oxygen atoms in total. The van der Waals surface area contributed by atoms with Crippen LogP contribution in [0.25, 0.3) is 22.5 Å². The van der Waals surface area contributed by atoms with Gasteiger partial charge < -0.3 is 4.52 Å². The SMILES string of the molecule is Cc1noc(-c2ccc(-c3ccc(C4(C(F)(F)F)CC4)cc3)cc2)c1CCS(=O)Cc1ccccc1. The van der Waals surface area contributed by atoms with E-state index in [1.165, 1.54) is 0 Å². The van der Waals surface area contributed by atoms with Gasteiger partial charge in [-0.1, -0.05) is 84.0 Å². The van der Waals surface area contributed by atoms with E-state index in [2.05, 4.69) is 5.16 Å². The Labute approximate surface area is 210 Å². The molecular weight excluding hydrogens is 483 g/mol. The lowest BCUT2D eigenvalue weighted by atomic mass is 9.93. The molecule has 1 aromatic heterocycles. The number of hydrogen-bond donors (Lipinski definition) is 0. The van der Waals surface area contributed by atoms with E-state index in [1.807, 2.05) is 61.5 Å². The minimum Gasteiger partial charge on any atom is -0.356 e. The second-order valence-corrected chi connectivity index (χ2v) is 10.9. The van der Waals surface area contributed by atoms with Crippen LogP contribution in [0.15, 0.2) is 83.4 Å². The molecule has 0 bridgehead atoms. The number of halogens is 3. The zero-order valence-electron chi connectivity index (χ0n) is 19.8. The first-order valence-electron chi connectivity index (χ1n) is 11.9. The van der Waals surface area contributed by atoms with Crippen molar-refractivity contribution in [1.82, 2.24) is 5.16 Å². The van der Waals surface area contributed by atoms with Gasteiger partial charge in [0.1, 0.15) is 0 Å². The van der Waals surface area contributed by atoms with Crippen LogP contribution in [-0.4, -0.2) is 21.3 Å². The summed E-state index contributed by atoms with van der Waals surface area (Å²) in [6, 6.07) is 24.2. The average Bonchev–Trinajstić information content (AvgIpc) is 3.62. The Balaban J connectivity index is 1.28. The first-order valence-corrected chi connectivity index (χ1v) is 13.4. The minimum atomic E-state index is -4.21. The standard InChI is InChI=1S/C29H26F3NO2S/c1-20-26(15-18-36(34)19-21-5-3-2-4-6-21)27(35-33-20)24-9-7-22(8-10-24)23-11-13-25(14-12-23)28(16-17-28)29(30,31)32/h2-14H,15-19H2,1H3. The predicted molar refractivity (Wildman–Crippen MR) is 136 cm³/mol. The van der Waals surface area contributed by atoms with E-state index in [-0.39, 0.29) is 12.8 Å². The largest absolute Gasteiger partial charge is 0.398 e. The van der Waals surface area contributed by atoms with E-state index in [0.29, 0.717) is 29.3 Å². The fraction of sp³-hybridized carbons (Fsp3) is 0.276. The molecule has 1 heterocycles. The second kappa shape index (κ2) is 9.69. The number of hydrogen-bond acceptors (Lipinski definition) is 3. The van der Waals surface area contributed by atoms with Crippen LogP contribution >= 0.6 is 0 Å². The van der Waals surface area contributed by atoms with Gasteiger partial charge in [-0.05, 0) is 48.4 Å². The monoisotopic (exact) mass is 509 g/mol. The third-order valence-corrected chi connectivity index (χ3v) is 8.26. The molecule has 4 aromatic rings. The van der Waals surface area contributed by atoms with Crippen LogP contribution in [0.2, 0.25) is 0 Å². The molecule has 0 saturated heterocycles. The molecule has 1 aliphatic carbocycles. The predicted octanol–water partition coefficient (Wildman–Crippen LogP) is 7.40. The van der Waals surface area contributed by atoms with Crippen LogP contribution in [0.1, 0.15) is 35.2 Å². The molecule has 0 amide bonds. The van der Waals surface area contributed by atoms with Crippen molar-refractivity contribution in [2.45, 2.75) is 43.5 Å². The molecule has 3 aromatic carbocycles. The van der Waals surface area contributed by atoms with Crippen molar-refractivity contribution in [3.05, 3.63) is 101 Å². The highest BCUT2D eigenvalue weighted by Crippen LogP contribution is 2.58. The Morgan fingerprint density at radius 3 is 2.06 bits per heavy atom. The quantitative estimate of drug-likeness (QED) is 0.249. The third-order valence-electron chi connectivity index (χ3n) is 6.95. The zero-order valence-corrected chi connectivity index (χ0v) is 20.7. The lowest BCUT2D eigenvalue weighted by molar-refractivity contribution is -0.160. The first-order chi connectivity index (χ1) is 17.3. The molecule has 36 heavy (non-hydrogen) atoms. The van der Waals surface area contributed by atoms with E-state index in [9.17, 15) is 17.4 Å². The van der Waals surface area contributed by atoms with Gasteiger partial charge in [0.15, 0.2) is 5.76 Å². The van der Waals surface area contributed by atoms with Crippen molar-refractivity contribution in [3.63, 3.8) is 0 Å². The maximum Gasteiger partial charge on any atom is 0.398 e. The number of nitrogens with zero attached hydrogens (tertiary/aromatic N) is 1. The highest BCUT2D eigenvalue weighted by molar-refractivity contribution is 7.84. The van der Waals surface area contributed by atoms with Crippen LogP contribution in [0, 0.1) is 6.92 Å². The number of alkyl halides is 3. The van der Waals surface area contributed by atoms with Gasteiger partial charge in [-0.25, -0.2) is 0 Å². The summed E-state index contributed by atoms with van der Waals surface area (Å²) in [6.07, 6.45) is -3.31. The Morgan fingerprint density at radius 1 is 0.889 bits per heavy atom. The summed E-state index contributed by atoms with van der Waals surface area (Å²) in [5.74, 6) is 1.68. The van der Waals surface area contributed by atoms with Crippen molar-refractivity contribution in [1.29, 1.82) is 0 Å². The maximum atomic E-state index is 13.4. The van der Waals surface area contributed by atoms with E-state index in [1.54, 1.807) is 24.3 Å². The summed E-state index contributed by atoms with van der Waals surface area (Å²) in [7, 11) is -1.01. The third kappa shape index (κ3) is 4.89. The number of benzene rings is 3. The molecule has 1 atom stereocenters. The molecule has 5 rings (SSSR count). The first kappa shape index (κ1) is 24.5. The Hall–Kier alpha value is -3.19. The topological polar surface area (TPSA) is 43.1 Å². The molecule has 0 N–H and O–H groups in total. The molecule has 186 valence electrons. The highest BCUT2D eigenvalue weighted by Gasteiger charge is 2.64. The van der Waals surface area contributed by atoms with Gasteiger partial charge >= 0.3 is 6.18 Å². The number of aromatic nitrogens is 1. The summed E-state index contributed by atoms with van der Waals surface area (Å²) in [6.45, 7) is 1.88. The average molecular weight is 510 g/mol. The molecule has 0 aliphatic heterocycles. The van der Waals surface area contributed by atoms with Crippen molar-refractivity contribution in [2.24, 2.45) is 0 Å². The Bertz CT molecular complexity index is 1360. The fourth-order valence-corrected chi connectivity index (χ4v) is 5.76. The van der Waals surface area contributed by atoms with Gasteiger partial charge in [-0.3, -0.25) is 4.21 Å². The molecule has 0 radical (unpaired) electrons.